The summed E-state index contributed by atoms with van der Waals surface area (Å²) >= 11 is 0. The van der Waals surface area contributed by atoms with Crippen molar-refractivity contribution in [3.8, 4) is 0 Å². The summed E-state index contributed by atoms with van der Waals surface area (Å²) in [5.74, 6) is 0.0319. The molecule has 0 spiro atoms. The average Bonchev–Trinajstić information content (AvgIpc) is 2.54. The monoisotopic (exact) mass is 324 g/mol. The van der Waals surface area contributed by atoms with Gasteiger partial charge in [0.1, 0.15) is 0 Å². The first kappa shape index (κ1) is 18.2. The van der Waals surface area contributed by atoms with Gasteiger partial charge in [0.15, 0.2) is 0 Å². The normalized spacial score (nSPS) is 11.5. The maximum atomic E-state index is 12.5. The van der Waals surface area contributed by atoms with E-state index in [0.717, 1.165) is 24.3 Å². The molecule has 1 amide bonds. The number of carbonyl (C=O) groups is 1. The summed E-state index contributed by atoms with van der Waals surface area (Å²) in [7, 11) is 0. The summed E-state index contributed by atoms with van der Waals surface area (Å²) in [6.07, 6.45) is 0. The molecule has 0 saturated carbocycles. The maximum Gasteiger partial charge on any atom is 0.238 e. The lowest BCUT2D eigenvalue weighted by molar-refractivity contribution is -0.117. The van der Waals surface area contributed by atoms with Crippen molar-refractivity contribution < 1.29 is 4.79 Å². The molecule has 0 unspecified atom stereocenters. The molecule has 0 atom stereocenters. The molecule has 1 N–H and O–H groups in total. The molecule has 0 aliphatic carbocycles. The minimum absolute atomic E-state index is 0.00163. The topological polar surface area (TPSA) is 32.3 Å². The Morgan fingerprint density at radius 3 is 2.25 bits per heavy atom. The first-order chi connectivity index (χ1) is 11.4. The van der Waals surface area contributed by atoms with Crippen molar-refractivity contribution in [1.82, 2.24) is 4.90 Å². The van der Waals surface area contributed by atoms with Crippen molar-refractivity contribution in [3.63, 3.8) is 0 Å². The lowest BCUT2D eigenvalue weighted by Gasteiger charge is -2.24. The average molecular weight is 324 g/mol. The van der Waals surface area contributed by atoms with Crippen LogP contribution < -0.4 is 5.32 Å². The third kappa shape index (κ3) is 5.20. The molecular formula is C21H28N2O. The van der Waals surface area contributed by atoms with E-state index in [2.05, 4.69) is 56.1 Å². The van der Waals surface area contributed by atoms with E-state index in [1.54, 1.807) is 0 Å². The zero-order valence-electron chi connectivity index (χ0n) is 15.2. The lowest BCUT2D eigenvalue weighted by atomic mass is 9.86. The number of para-hydroxylation sites is 1. The SMILES string of the molecule is CCN(CC(=O)Nc1ccccc1C(C)(C)C)Cc1ccccc1. The Labute approximate surface area is 145 Å². The number of benzene rings is 2. The second kappa shape index (κ2) is 8.11. The van der Waals surface area contributed by atoms with Crippen molar-refractivity contribution in [2.24, 2.45) is 0 Å². The zero-order chi connectivity index (χ0) is 17.6. The van der Waals surface area contributed by atoms with Gasteiger partial charge in [-0.05, 0) is 29.2 Å². The van der Waals surface area contributed by atoms with E-state index in [1.165, 1.54) is 5.56 Å². The molecule has 0 saturated heterocycles. The van der Waals surface area contributed by atoms with E-state index in [0.29, 0.717) is 6.54 Å². The number of nitrogens with zero attached hydrogens (tertiary/aromatic N) is 1. The standard InChI is InChI=1S/C21H28N2O/c1-5-23(15-17-11-7-6-8-12-17)16-20(24)22-19-14-10-9-13-18(19)21(2,3)4/h6-14H,5,15-16H2,1-4H3,(H,22,24). The predicted molar refractivity (Wildman–Crippen MR) is 101 cm³/mol. The zero-order valence-corrected chi connectivity index (χ0v) is 15.2. The fourth-order valence-corrected chi connectivity index (χ4v) is 2.76. The van der Waals surface area contributed by atoms with Gasteiger partial charge in [0, 0.05) is 12.2 Å². The van der Waals surface area contributed by atoms with Gasteiger partial charge in [-0.15, -0.1) is 0 Å². The molecule has 0 bridgehead atoms. The number of rotatable bonds is 6. The van der Waals surface area contributed by atoms with Crippen LogP contribution in [-0.2, 0) is 16.8 Å². The summed E-state index contributed by atoms with van der Waals surface area (Å²) < 4.78 is 0. The van der Waals surface area contributed by atoms with Crippen LogP contribution in [0.5, 0.6) is 0 Å². The van der Waals surface area contributed by atoms with Crippen LogP contribution in [0.15, 0.2) is 54.6 Å². The molecule has 3 heteroatoms. The molecule has 2 rings (SSSR count). The summed E-state index contributed by atoms with van der Waals surface area (Å²) in [4.78, 5) is 14.6. The van der Waals surface area contributed by atoms with Gasteiger partial charge in [-0.25, -0.2) is 0 Å². The highest BCUT2D eigenvalue weighted by Crippen LogP contribution is 2.29. The van der Waals surface area contributed by atoms with Gasteiger partial charge < -0.3 is 5.32 Å². The second-order valence-corrected chi connectivity index (χ2v) is 7.13. The van der Waals surface area contributed by atoms with Gasteiger partial charge in [0.25, 0.3) is 0 Å². The van der Waals surface area contributed by atoms with Gasteiger partial charge in [0.2, 0.25) is 5.91 Å². The number of amides is 1. The first-order valence-corrected chi connectivity index (χ1v) is 8.56. The third-order valence-electron chi connectivity index (χ3n) is 4.07. The van der Waals surface area contributed by atoms with Gasteiger partial charge in [-0.2, -0.15) is 0 Å². The predicted octanol–water partition coefficient (Wildman–Crippen LogP) is 4.44. The van der Waals surface area contributed by atoms with E-state index in [4.69, 9.17) is 0 Å². The summed E-state index contributed by atoms with van der Waals surface area (Å²) in [5.41, 5.74) is 3.29. The largest absolute Gasteiger partial charge is 0.325 e. The number of hydrogen-bond donors (Lipinski definition) is 1. The summed E-state index contributed by atoms with van der Waals surface area (Å²) in [5, 5.41) is 3.09. The van der Waals surface area contributed by atoms with Crippen LogP contribution in [0, 0.1) is 0 Å². The van der Waals surface area contributed by atoms with Crippen LogP contribution in [0.2, 0.25) is 0 Å². The highest BCUT2D eigenvalue weighted by molar-refractivity contribution is 5.93. The van der Waals surface area contributed by atoms with E-state index < -0.39 is 0 Å². The molecule has 0 aliphatic heterocycles. The van der Waals surface area contributed by atoms with E-state index in [9.17, 15) is 4.79 Å². The molecular weight excluding hydrogens is 296 g/mol. The fraction of sp³-hybridized carbons (Fsp3) is 0.381. The lowest BCUT2D eigenvalue weighted by Crippen LogP contribution is -2.33. The van der Waals surface area contributed by atoms with Crippen LogP contribution in [0.25, 0.3) is 0 Å². The second-order valence-electron chi connectivity index (χ2n) is 7.13. The van der Waals surface area contributed by atoms with Crippen molar-refractivity contribution in [1.29, 1.82) is 0 Å². The summed E-state index contributed by atoms with van der Waals surface area (Å²) in [6.45, 7) is 10.6. The molecule has 2 aromatic carbocycles. The highest BCUT2D eigenvalue weighted by atomic mass is 16.2. The van der Waals surface area contributed by atoms with Crippen molar-refractivity contribution in [2.75, 3.05) is 18.4 Å². The first-order valence-electron chi connectivity index (χ1n) is 8.56. The molecule has 3 nitrogen and oxygen atoms in total. The van der Waals surface area contributed by atoms with Crippen molar-refractivity contribution >= 4 is 11.6 Å². The molecule has 0 aromatic heterocycles. The van der Waals surface area contributed by atoms with Gasteiger partial charge in [-0.1, -0.05) is 76.2 Å². The van der Waals surface area contributed by atoms with Crippen molar-refractivity contribution in [3.05, 3.63) is 65.7 Å². The number of hydrogen-bond acceptors (Lipinski definition) is 2. The van der Waals surface area contributed by atoms with Crippen LogP contribution in [0.1, 0.15) is 38.8 Å². The van der Waals surface area contributed by atoms with E-state index in [-0.39, 0.29) is 11.3 Å². The number of carbonyl (C=O) groups excluding carboxylic acids is 1. The Morgan fingerprint density at radius 1 is 1.00 bits per heavy atom. The molecule has 0 aliphatic rings. The summed E-state index contributed by atoms with van der Waals surface area (Å²) in [6, 6.07) is 18.3. The fourth-order valence-electron chi connectivity index (χ4n) is 2.76. The van der Waals surface area contributed by atoms with Gasteiger partial charge in [0.05, 0.1) is 6.54 Å². The van der Waals surface area contributed by atoms with Gasteiger partial charge >= 0.3 is 0 Å². The number of likely N-dealkylation sites (N-methyl/N-ethyl adjacent to an activating group) is 1. The smallest absolute Gasteiger partial charge is 0.238 e. The minimum atomic E-state index is -0.00163. The quantitative estimate of drug-likeness (QED) is 0.851. The third-order valence-corrected chi connectivity index (χ3v) is 4.07. The van der Waals surface area contributed by atoms with Gasteiger partial charge in [-0.3, -0.25) is 9.69 Å². The molecule has 2 aromatic rings. The van der Waals surface area contributed by atoms with Crippen molar-refractivity contribution in [2.45, 2.75) is 39.7 Å². The van der Waals surface area contributed by atoms with Crippen LogP contribution in [-0.4, -0.2) is 23.9 Å². The maximum absolute atomic E-state index is 12.5. The van der Waals surface area contributed by atoms with Crippen LogP contribution >= 0.6 is 0 Å². The molecule has 0 heterocycles. The molecule has 128 valence electrons. The minimum Gasteiger partial charge on any atom is -0.325 e. The highest BCUT2D eigenvalue weighted by Gasteiger charge is 2.19. The van der Waals surface area contributed by atoms with Crippen LogP contribution in [0.3, 0.4) is 0 Å². The molecule has 24 heavy (non-hydrogen) atoms. The Balaban J connectivity index is 2.02. The Kier molecular flexibility index (Phi) is 6.16. The Hall–Kier alpha value is -2.13. The molecule has 0 fully saturated rings. The Morgan fingerprint density at radius 2 is 1.62 bits per heavy atom. The molecule has 0 radical (unpaired) electrons. The number of nitrogens with one attached hydrogen (secondary N) is 1. The number of anilines is 1. The van der Waals surface area contributed by atoms with E-state index in [1.807, 2.05) is 36.4 Å². The van der Waals surface area contributed by atoms with E-state index >= 15 is 0 Å². The van der Waals surface area contributed by atoms with Crippen LogP contribution in [0.4, 0.5) is 5.69 Å². The Bertz CT molecular complexity index is 659.